The minimum atomic E-state index is -0.515. The van der Waals surface area contributed by atoms with Crippen molar-refractivity contribution in [1.29, 1.82) is 5.26 Å². The average molecular weight is 492 g/mol. The number of nitriles is 1. The zero-order chi connectivity index (χ0) is 26.2. The van der Waals surface area contributed by atoms with Crippen LogP contribution in [0.1, 0.15) is 32.6 Å². The van der Waals surface area contributed by atoms with Crippen molar-refractivity contribution in [3.63, 3.8) is 0 Å². The first-order valence-electron chi connectivity index (χ1n) is 11.6. The van der Waals surface area contributed by atoms with E-state index in [4.69, 9.17) is 11.0 Å². The molecule has 8 heteroatoms. The lowest BCUT2D eigenvalue weighted by atomic mass is 9.99. The van der Waals surface area contributed by atoms with Crippen molar-refractivity contribution < 1.29 is 14.7 Å². The molecule has 0 saturated carbocycles. The summed E-state index contributed by atoms with van der Waals surface area (Å²) in [6, 6.07) is 26.6. The third kappa shape index (κ3) is 6.17. The van der Waals surface area contributed by atoms with E-state index < -0.39 is 17.9 Å². The van der Waals surface area contributed by atoms with Crippen LogP contribution in [0.4, 0.5) is 0 Å². The minimum Gasteiger partial charge on any atom is -0.507 e. The van der Waals surface area contributed by atoms with Crippen molar-refractivity contribution in [1.82, 2.24) is 10.7 Å². The van der Waals surface area contributed by atoms with Crippen LogP contribution in [0.15, 0.2) is 90.0 Å². The standard InChI is InChI=1S/C29H25N5O3/c30-16-23-15-20(12-13-27(23)35)29(37)34-33-18-22-11-10-21(24-8-4-5-9-25(22)24)17-32-26(28(31)36)14-19-6-2-1-3-7-19/h1-13,15,18,26,32,35H,14,17H2,(H2,31,36)(H,34,37). The molecule has 0 radical (unpaired) electrons. The van der Waals surface area contributed by atoms with Crippen molar-refractivity contribution in [2.75, 3.05) is 0 Å². The number of benzene rings is 4. The number of phenols is 1. The quantitative estimate of drug-likeness (QED) is 0.210. The van der Waals surface area contributed by atoms with Gasteiger partial charge >= 0.3 is 0 Å². The molecule has 1 unspecified atom stereocenters. The lowest BCUT2D eigenvalue weighted by Crippen LogP contribution is -2.42. The van der Waals surface area contributed by atoms with Gasteiger partial charge in [0.1, 0.15) is 11.8 Å². The van der Waals surface area contributed by atoms with E-state index in [0.717, 1.165) is 27.5 Å². The second kappa shape index (κ2) is 11.6. The molecule has 37 heavy (non-hydrogen) atoms. The molecule has 8 nitrogen and oxygen atoms in total. The van der Waals surface area contributed by atoms with Crippen molar-refractivity contribution in [2.45, 2.75) is 19.0 Å². The Balaban J connectivity index is 1.48. The van der Waals surface area contributed by atoms with E-state index in [-0.39, 0.29) is 16.9 Å². The van der Waals surface area contributed by atoms with E-state index in [1.165, 1.54) is 18.2 Å². The second-order valence-corrected chi connectivity index (χ2v) is 8.43. The van der Waals surface area contributed by atoms with Gasteiger partial charge in [0.2, 0.25) is 5.91 Å². The average Bonchev–Trinajstić information content (AvgIpc) is 2.92. The molecule has 0 heterocycles. The topological polar surface area (TPSA) is 141 Å². The number of hydrazone groups is 1. The molecule has 2 amide bonds. The van der Waals surface area contributed by atoms with Crippen LogP contribution < -0.4 is 16.5 Å². The SMILES string of the molecule is N#Cc1cc(C(=O)NN=Cc2ccc(CNC(Cc3ccccc3)C(N)=O)c3ccccc23)ccc1O. The molecule has 4 aromatic carbocycles. The van der Waals surface area contributed by atoms with Crippen LogP contribution in [0.3, 0.4) is 0 Å². The van der Waals surface area contributed by atoms with E-state index in [1.54, 1.807) is 6.21 Å². The van der Waals surface area contributed by atoms with Crippen LogP contribution in [-0.2, 0) is 17.8 Å². The zero-order valence-electron chi connectivity index (χ0n) is 19.9. The number of nitrogens with zero attached hydrogens (tertiary/aromatic N) is 2. The smallest absolute Gasteiger partial charge is 0.271 e. The summed E-state index contributed by atoms with van der Waals surface area (Å²) >= 11 is 0. The van der Waals surface area contributed by atoms with E-state index in [2.05, 4.69) is 15.8 Å². The van der Waals surface area contributed by atoms with Gasteiger partial charge in [-0.3, -0.25) is 9.59 Å². The van der Waals surface area contributed by atoms with Gasteiger partial charge in [-0.1, -0.05) is 66.7 Å². The summed E-state index contributed by atoms with van der Waals surface area (Å²) in [7, 11) is 0. The first-order valence-corrected chi connectivity index (χ1v) is 11.6. The molecular weight excluding hydrogens is 466 g/mol. The molecule has 0 aromatic heterocycles. The third-order valence-corrected chi connectivity index (χ3v) is 5.96. The third-order valence-electron chi connectivity index (χ3n) is 5.96. The molecule has 0 spiro atoms. The summed E-state index contributed by atoms with van der Waals surface area (Å²) in [6.07, 6.45) is 2.04. The maximum atomic E-state index is 12.4. The molecule has 0 bridgehead atoms. The molecule has 0 aliphatic heterocycles. The first kappa shape index (κ1) is 25.1. The molecule has 0 aliphatic carbocycles. The fourth-order valence-corrected chi connectivity index (χ4v) is 4.00. The number of nitrogens with one attached hydrogen (secondary N) is 2. The van der Waals surface area contributed by atoms with E-state index in [9.17, 15) is 14.7 Å². The van der Waals surface area contributed by atoms with Gasteiger partial charge in [-0.15, -0.1) is 0 Å². The molecule has 4 aromatic rings. The van der Waals surface area contributed by atoms with Gasteiger partial charge in [-0.05, 0) is 46.5 Å². The second-order valence-electron chi connectivity index (χ2n) is 8.43. The molecule has 0 aliphatic rings. The Bertz CT molecular complexity index is 1510. The van der Waals surface area contributed by atoms with E-state index in [0.29, 0.717) is 13.0 Å². The highest BCUT2D eigenvalue weighted by Gasteiger charge is 2.16. The van der Waals surface area contributed by atoms with Crippen molar-refractivity contribution in [2.24, 2.45) is 10.8 Å². The highest BCUT2D eigenvalue weighted by molar-refractivity contribution is 6.02. The molecule has 4 rings (SSSR count). The Kier molecular flexibility index (Phi) is 7.88. The summed E-state index contributed by atoms with van der Waals surface area (Å²) in [5.41, 5.74) is 11.1. The van der Waals surface area contributed by atoms with Crippen molar-refractivity contribution in [3.8, 4) is 11.8 Å². The molecule has 0 fully saturated rings. The zero-order valence-corrected chi connectivity index (χ0v) is 19.9. The van der Waals surface area contributed by atoms with Crippen LogP contribution in [0.5, 0.6) is 5.75 Å². The summed E-state index contributed by atoms with van der Waals surface area (Å²) < 4.78 is 0. The number of hydrogen-bond donors (Lipinski definition) is 4. The Hall–Kier alpha value is -5.00. The van der Waals surface area contributed by atoms with Crippen LogP contribution >= 0.6 is 0 Å². The predicted octanol–water partition coefficient (Wildman–Crippen LogP) is 3.37. The Morgan fingerprint density at radius 2 is 1.73 bits per heavy atom. The number of rotatable bonds is 9. The molecule has 0 saturated heterocycles. The van der Waals surface area contributed by atoms with Crippen molar-refractivity contribution >= 4 is 28.8 Å². The highest BCUT2D eigenvalue weighted by Crippen LogP contribution is 2.22. The summed E-state index contributed by atoms with van der Waals surface area (Å²) in [5, 5.41) is 27.9. The number of carbonyl (C=O) groups is 2. The van der Waals surface area contributed by atoms with Gasteiger partial charge < -0.3 is 16.2 Å². The van der Waals surface area contributed by atoms with Gasteiger partial charge in [-0.25, -0.2) is 5.43 Å². The van der Waals surface area contributed by atoms with Crippen LogP contribution in [0.25, 0.3) is 10.8 Å². The monoisotopic (exact) mass is 491 g/mol. The number of fused-ring (bicyclic) bond motifs is 1. The van der Waals surface area contributed by atoms with E-state index >= 15 is 0 Å². The van der Waals surface area contributed by atoms with Gasteiger partial charge in [0.05, 0.1) is 17.8 Å². The fraction of sp³-hybridized carbons (Fsp3) is 0.103. The number of nitrogens with two attached hydrogens (primary N) is 1. The normalized spacial score (nSPS) is 11.8. The number of hydrogen-bond acceptors (Lipinski definition) is 6. The molecule has 1 atom stereocenters. The number of aromatic hydroxyl groups is 1. The molecular formula is C29H25N5O3. The maximum absolute atomic E-state index is 12.4. The van der Waals surface area contributed by atoms with Gasteiger partial charge in [0.25, 0.3) is 5.91 Å². The molecule has 184 valence electrons. The number of phenolic OH excluding ortho intramolecular Hbond substituents is 1. The number of carbonyl (C=O) groups excluding carboxylic acids is 2. The number of amides is 2. The Labute approximate surface area is 214 Å². The van der Waals surface area contributed by atoms with Crippen LogP contribution in [0, 0.1) is 11.3 Å². The van der Waals surface area contributed by atoms with Gasteiger partial charge in [0.15, 0.2) is 0 Å². The maximum Gasteiger partial charge on any atom is 0.271 e. The molecule has 5 N–H and O–H groups in total. The highest BCUT2D eigenvalue weighted by atomic mass is 16.3. The fourth-order valence-electron chi connectivity index (χ4n) is 4.00. The van der Waals surface area contributed by atoms with E-state index in [1.807, 2.05) is 72.8 Å². The lowest BCUT2D eigenvalue weighted by Gasteiger charge is -2.17. The number of primary amides is 1. The lowest BCUT2D eigenvalue weighted by molar-refractivity contribution is -0.120. The Morgan fingerprint density at radius 3 is 2.46 bits per heavy atom. The minimum absolute atomic E-state index is 0.00849. The van der Waals surface area contributed by atoms with Crippen molar-refractivity contribution in [3.05, 3.63) is 113 Å². The predicted molar refractivity (Wildman–Crippen MR) is 142 cm³/mol. The summed E-state index contributed by atoms with van der Waals surface area (Å²) in [4.78, 5) is 24.5. The first-order chi connectivity index (χ1) is 18.0. The van der Waals surface area contributed by atoms with Crippen LogP contribution in [-0.4, -0.2) is 29.2 Å². The van der Waals surface area contributed by atoms with Gasteiger partial charge in [0, 0.05) is 17.7 Å². The van der Waals surface area contributed by atoms with Crippen LogP contribution in [0.2, 0.25) is 0 Å². The summed E-state index contributed by atoms with van der Waals surface area (Å²) in [6.45, 7) is 0.442. The largest absolute Gasteiger partial charge is 0.507 e. The summed E-state index contributed by atoms with van der Waals surface area (Å²) in [5.74, 6) is -1.11. The Morgan fingerprint density at radius 1 is 1.00 bits per heavy atom. The van der Waals surface area contributed by atoms with Gasteiger partial charge in [-0.2, -0.15) is 10.4 Å².